The van der Waals surface area contributed by atoms with Gasteiger partial charge < -0.3 is 31.1 Å². The molecule has 0 spiro atoms. The second-order valence-corrected chi connectivity index (χ2v) is 7.77. The molecule has 8 atom stereocenters. The molecule has 2 aliphatic rings. The van der Waals surface area contributed by atoms with Gasteiger partial charge in [0, 0.05) is 43.8 Å². The Bertz CT molecular complexity index is 545. The highest BCUT2D eigenvalue weighted by Gasteiger charge is 2.42. The van der Waals surface area contributed by atoms with Crippen LogP contribution in [0.4, 0.5) is 0 Å². The molecule has 0 bridgehead atoms. The van der Waals surface area contributed by atoms with Crippen LogP contribution in [0.2, 0.25) is 0 Å². The molecule has 1 aromatic carbocycles. The van der Waals surface area contributed by atoms with Crippen LogP contribution in [0.3, 0.4) is 0 Å². The molecule has 0 saturated carbocycles. The Balaban J connectivity index is 1.70. The van der Waals surface area contributed by atoms with E-state index in [0.29, 0.717) is 19.6 Å². The Kier molecular flexibility index (Phi) is 6.29. The average molecular weight is 365 g/mol. The van der Waals surface area contributed by atoms with Crippen molar-refractivity contribution in [2.24, 2.45) is 0 Å². The molecule has 0 amide bonds. The highest BCUT2D eigenvalue weighted by Crippen LogP contribution is 2.19. The third kappa shape index (κ3) is 4.26. The second kappa shape index (κ2) is 8.31. The van der Waals surface area contributed by atoms with E-state index in [2.05, 4.69) is 15.5 Å². The van der Waals surface area contributed by atoms with Crippen LogP contribution in [0.5, 0.6) is 0 Å². The number of aliphatic hydroxyl groups excluding tert-OH is 4. The summed E-state index contributed by atoms with van der Waals surface area (Å²) in [5.41, 5.74) is 1.13. The Hall–Kier alpha value is -1.06. The van der Waals surface area contributed by atoms with Gasteiger partial charge in [0.05, 0.1) is 24.4 Å². The van der Waals surface area contributed by atoms with E-state index in [9.17, 15) is 20.4 Å². The molecule has 0 radical (unpaired) electrons. The van der Waals surface area contributed by atoms with Crippen LogP contribution < -0.4 is 10.6 Å². The quantitative estimate of drug-likeness (QED) is 0.370. The van der Waals surface area contributed by atoms with Crippen molar-refractivity contribution < 1.29 is 20.4 Å². The first kappa shape index (κ1) is 19.7. The third-order valence-corrected chi connectivity index (χ3v) is 5.66. The van der Waals surface area contributed by atoms with Gasteiger partial charge in [-0.25, -0.2) is 0 Å². The fraction of sp³-hybridized carbons (Fsp3) is 0.684. The van der Waals surface area contributed by atoms with Crippen molar-refractivity contribution in [3.8, 4) is 0 Å². The van der Waals surface area contributed by atoms with Gasteiger partial charge in [-0.3, -0.25) is 4.90 Å². The molecule has 0 unspecified atom stereocenters. The molecule has 26 heavy (non-hydrogen) atoms. The van der Waals surface area contributed by atoms with Crippen LogP contribution in [0.1, 0.15) is 19.4 Å². The monoisotopic (exact) mass is 365 g/mol. The fourth-order valence-electron chi connectivity index (χ4n) is 4.06. The molecule has 7 nitrogen and oxygen atoms in total. The highest BCUT2D eigenvalue weighted by atomic mass is 16.3. The summed E-state index contributed by atoms with van der Waals surface area (Å²) in [6, 6.07) is 9.20. The predicted molar refractivity (Wildman–Crippen MR) is 98.5 cm³/mol. The Morgan fingerprint density at radius 1 is 0.769 bits per heavy atom. The van der Waals surface area contributed by atoms with E-state index in [0.717, 1.165) is 5.56 Å². The van der Waals surface area contributed by atoms with E-state index in [1.54, 1.807) is 0 Å². The summed E-state index contributed by atoms with van der Waals surface area (Å²) in [6.45, 7) is 5.44. The number of rotatable bonds is 6. The van der Waals surface area contributed by atoms with E-state index < -0.39 is 24.4 Å². The lowest BCUT2D eigenvalue weighted by atomic mass is 10.1. The molecule has 1 aromatic rings. The van der Waals surface area contributed by atoms with Crippen LogP contribution in [0.25, 0.3) is 0 Å². The number of hydrogen-bond donors (Lipinski definition) is 6. The summed E-state index contributed by atoms with van der Waals surface area (Å²) in [4.78, 5) is 2.15. The van der Waals surface area contributed by atoms with Crippen LogP contribution >= 0.6 is 0 Å². The average Bonchev–Trinajstić information content (AvgIpc) is 3.00. The molecule has 0 aliphatic carbocycles. The Labute approximate surface area is 154 Å². The maximum atomic E-state index is 10.3. The molecule has 6 N–H and O–H groups in total. The lowest BCUT2D eigenvalue weighted by Gasteiger charge is -2.30. The van der Waals surface area contributed by atoms with Crippen molar-refractivity contribution in [1.82, 2.24) is 15.5 Å². The zero-order valence-corrected chi connectivity index (χ0v) is 15.4. The van der Waals surface area contributed by atoms with E-state index in [1.165, 1.54) is 0 Å². The fourth-order valence-corrected chi connectivity index (χ4v) is 4.06. The summed E-state index contributed by atoms with van der Waals surface area (Å²) < 4.78 is 0. The van der Waals surface area contributed by atoms with Gasteiger partial charge in [-0.1, -0.05) is 30.3 Å². The smallest absolute Gasteiger partial charge is 0.0979 e. The maximum Gasteiger partial charge on any atom is 0.0979 e. The molecule has 2 heterocycles. The van der Waals surface area contributed by atoms with Crippen molar-refractivity contribution in [2.45, 2.75) is 69.0 Å². The summed E-state index contributed by atoms with van der Waals surface area (Å²) in [6.07, 6.45) is -3.21. The van der Waals surface area contributed by atoms with Gasteiger partial charge in [-0.05, 0) is 19.4 Å². The molecular weight excluding hydrogens is 334 g/mol. The van der Waals surface area contributed by atoms with Crippen LogP contribution in [0, 0.1) is 0 Å². The number of aliphatic hydroxyl groups is 4. The Morgan fingerprint density at radius 2 is 1.23 bits per heavy atom. The molecule has 3 rings (SSSR count). The molecule has 2 aliphatic heterocycles. The maximum absolute atomic E-state index is 10.3. The summed E-state index contributed by atoms with van der Waals surface area (Å²) in [5.74, 6) is 0. The Morgan fingerprint density at radius 3 is 1.62 bits per heavy atom. The van der Waals surface area contributed by atoms with Gasteiger partial charge in [0.2, 0.25) is 0 Å². The minimum atomic E-state index is -0.825. The second-order valence-electron chi connectivity index (χ2n) is 7.77. The molecule has 7 heteroatoms. The van der Waals surface area contributed by atoms with E-state index in [-0.39, 0.29) is 24.2 Å². The normalized spacial score (nSPS) is 40.4. The van der Waals surface area contributed by atoms with E-state index in [4.69, 9.17) is 0 Å². The van der Waals surface area contributed by atoms with Gasteiger partial charge >= 0.3 is 0 Å². The van der Waals surface area contributed by atoms with Crippen molar-refractivity contribution in [1.29, 1.82) is 0 Å². The third-order valence-electron chi connectivity index (χ3n) is 5.66. The number of nitrogens with one attached hydrogen (secondary N) is 2. The first-order valence-corrected chi connectivity index (χ1v) is 9.37. The SMILES string of the molecule is C[C@@H]1N[C@@H](CN(Cc2ccccc2)C[C@@H]2N[C@@H](C)[C@@H](O)[C@H]2O)[C@H](O)[C@@H]1O. The largest absolute Gasteiger partial charge is 0.389 e. The van der Waals surface area contributed by atoms with Crippen LogP contribution in [-0.4, -0.2) is 87.0 Å². The zero-order valence-electron chi connectivity index (χ0n) is 15.4. The molecule has 146 valence electrons. The molecule has 2 saturated heterocycles. The van der Waals surface area contributed by atoms with E-state index in [1.807, 2.05) is 44.2 Å². The van der Waals surface area contributed by atoms with Crippen molar-refractivity contribution in [3.63, 3.8) is 0 Å². The number of nitrogens with zero attached hydrogens (tertiary/aromatic N) is 1. The van der Waals surface area contributed by atoms with E-state index >= 15 is 0 Å². The van der Waals surface area contributed by atoms with Gasteiger partial charge in [-0.2, -0.15) is 0 Å². The minimum absolute atomic E-state index is 0.161. The standard InChI is InChI=1S/C19H31N3O4/c1-11-16(23)18(25)14(20-11)9-22(8-13-6-4-3-5-7-13)10-15-19(26)17(24)12(2)21-15/h3-7,11-12,14-21,23-26H,8-10H2,1-2H3/t11-,12-,14-,15-,16+,17+,18-,19-/m0/s1. The zero-order chi connectivity index (χ0) is 18.8. The van der Waals surface area contributed by atoms with Crippen molar-refractivity contribution in [2.75, 3.05) is 13.1 Å². The summed E-state index contributed by atoms with van der Waals surface area (Å²) >= 11 is 0. The lowest BCUT2D eigenvalue weighted by Crippen LogP contribution is -2.49. The first-order valence-electron chi connectivity index (χ1n) is 9.37. The number of hydrogen-bond acceptors (Lipinski definition) is 7. The molecular formula is C19H31N3O4. The number of benzene rings is 1. The van der Waals surface area contributed by atoms with Gasteiger partial charge in [0.25, 0.3) is 0 Å². The van der Waals surface area contributed by atoms with Crippen molar-refractivity contribution in [3.05, 3.63) is 35.9 Å². The van der Waals surface area contributed by atoms with Crippen molar-refractivity contribution >= 4 is 0 Å². The molecule has 2 fully saturated rings. The topological polar surface area (TPSA) is 108 Å². The molecule has 0 aromatic heterocycles. The van der Waals surface area contributed by atoms with Gasteiger partial charge in [-0.15, -0.1) is 0 Å². The van der Waals surface area contributed by atoms with Crippen LogP contribution in [-0.2, 0) is 6.54 Å². The summed E-state index contributed by atoms with van der Waals surface area (Å²) in [7, 11) is 0. The summed E-state index contributed by atoms with van der Waals surface area (Å²) in [5, 5.41) is 47.1. The van der Waals surface area contributed by atoms with Crippen LogP contribution in [0.15, 0.2) is 30.3 Å². The highest BCUT2D eigenvalue weighted by molar-refractivity contribution is 5.15. The predicted octanol–water partition coefficient (Wildman–Crippen LogP) is -1.35. The minimum Gasteiger partial charge on any atom is -0.389 e. The first-order chi connectivity index (χ1) is 12.4. The lowest BCUT2D eigenvalue weighted by molar-refractivity contribution is 0.0148. The van der Waals surface area contributed by atoms with Gasteiger partial charge in [0.15, 0.2) is 0 Å². The van der Waals surface area contributed by atoms with Gasteiger partial charge in [0.1, 0.15) is 0 Å².